The highest BCUT2D eigenvalue weighted by Gasteiger charge is 2.22. The maximum absolute atomic E-state index is 5.58. The van der Waals surface area contributed by atoms with Crippen LogP contribution in [0.15, 0.2) is 12.7 Å². The maximum atomic E-state index is 5.58. The molecule has 0 saturated heterocycles. The first-order valence-corrected chi connectivity index (χ1v) is 8.21. The van der Waals surface area contributed by atoms with Crippen molar-refractivity contribution in [2.75, 3.05) is 7.11 Å². The van der Waals surface area contributed by atoms with Gasteiger partial charge in [0.1, 0.15) is 0 Å². The van der Waals surface area contributed by atoms with E-state index in [1.54, 1.807) is 0 Å². The third-order valence-corrected chi connectivity index (χ3v) is 4.68. The molecular weight excluding hydrogens is 323 g/mol. The Bertz CT molecular complexity index is 182. The Hall–Kier alpha value is 0.430. The second-order valence-corrected chi connectivity index (χ2v) is 6.47. The summed E-state index contributed by atoms with van der Waals surface area (Å²) in [6.45, 7) is 8.31. The van der Waals surface area contributed by atoms with Gasteiger partial charge in [-0.15, -0.1) is 6.58 Å². The highest BCUT2D eigenvalue weighted by atomic mass is 127. The molecule has 1 nitrogen and oxygen atoms in total. The maximum Gasteiger partial charge on any atom is 0.0748 e. The monoisotopic (exact) mass is 352 g/mol. The Labute approximate surface area is 122 Å². The summed E-state index contributed by atoms with van der Waals surface area (Å²) >= 11 is 2.54. The van der Waals surface area contributed by atoms with Crippen molar-refractivity contribution in [3.8, 4) is 0 Å². The fraction of sp³-hybridized carbons (Fsp3) is 0.867. The van der Waals surface area contributed by atoms with E-state index in [1.165, 1.54) is 44.9 Å². The molecule has 0 heterocycles. The van der Waals surface area contributed by atoms with Gasteiger partial charge in [0, 0.05) is 17.0 Å². The summed E-state index contributed by atoms with van der Waals surface area (Å²) in [5, 5.41) is 0. The lowest BCUT2D eigenvalue weighted by atomic mass is 9.98. The van der Waals surface area contributed by atoms with Gasteiger partial charge >= 0.3 is 0 Å². The van der Waals surface area contributed by atoms with E-state index in [9.17, 15) is 0 Å². The second-order valence-electron chi connectivity index (χ2n) is 4.87. The summed E-state index contributed by atoms with van der Waals surface area (Å²) < 4.78 is 6.19. The molecule has 0 spiro atoms. The molecule has 0 aromatic rings. The van der Waals surface area contributed by atoms with Crippen LogP contribution in [0.5, 0.6) is 0 Å². The van der Waals surface area contributed by atoms with Crippen molar-refractivity contribution >= 4 is 22.6 Å². The Morgan fingerprint density at radius 2 is 1.76 bits per heavy atom. The predicted octanol–water partition coefficient (Wildman–Crippen LogP) is 5.38. The van der Waals surface area contributed by atoms with Crippen molar-refractivity contribution in [1.82, 2.24) is 0 Å². The van der Waals surface area contributed by atoms with Crippen LogP contribution in [0.2, 0.25) is 0 Å². The van der Waals surface area contributed by atoms with Crippen molar-refractivity contribution in [3.05, 3.63) is 12.7 Å². The largest absolute Gasteiger partial charge is 0.380 e. The van der Waals surface area contributed by atoms with Gasteiger partial charge in [0.15, 0.2) is 0 Å². The molecule has 0 aromatic carbocycles. The molecule has 3 atom stereocenters. The predicted molar refractivity (Wildman–Crippen MR) is 86.0 cm³/mol. The molecule has 0 aliphatic carbocycles. The minimum absolute atomic E-state index is 0.323. The Morgan fingerprint density at radius 3 is 2.29 bits per heavy atom. The summed E-state index contributed by atoms with van der Waals surface area (Å²) in [7, 11) is 1.82. The molecule has 0 radical (unpaired) electrons. The number of hydrogen-bond donors (Lipinski definition) is 0. The number of rotatable bonds is 11. The van der Waals surface area contributed by atoms with Crippen molar-refractivity contribution in [3.63, 3.8) is 0 Å². The van der Waals surface area contributed by atoms with E-state index < -0.39 is 0 Å². The molecule has 102 valence electrons. The number of methoxy groups -OCH3 is 1. The van der Waals surface area contributed by atoms with Gasteiger partial charge in [-0.25, -0.2) is 0 Å². The van der Waals surface area contributed by atoms with E-state index in [1.807, 2.05) is 13.2 Å². The zero-order chi connectivity index (χ0) is 13.1. The molecule has 1 unspecified atom stereocenters. The van der Waals surface area contributed by atoms with Gasteiger partial charge < -0.3 is 4.74 Å². The van der Waals surface area contributed by atoms with Gasteiger partial charge in [-0.1, -0.05) is 81.0 Å². The number of halogens is 1. The highest BCUT2D eigenvalue weighted by molar-refractivity contribution is 14.1. The molecule has 0 aliphatic heterocycles. The number of hydrogen-bond acceptors (Lipinski definition) is 1. The van der Waals surface area contributed by atoms with Crippen molar-refractivity contribution < 1.29 is 4.74 Å². The fourth-order valence-electron chi connectivity index (χ4n) is 2.11. The van der Waals surface area contributed by atoms with E-state index in [0.717, 1.165) is 0 Å². The SMILES string of the molecule is C=CC(C)[C@H](OC)[C@H](I)CCCCCCCC. The lowest BCUT2D eigenvalue weighted by Gasteiger charge is -2.25. The Kier molecular flexibility index (Phi) is 11.8. The smallest absolute Gasteiger partial charge is 0.0748 e. The number of unbranched alkanes of at least 4 members (excludes halogenated alkanes) is 5. The molecule has 2 heteroatoms. The fourth-order valence-corrected chi connectivity index (χ4v) is 3.50. The minimum Gasteiger partial charge on any atom is -0.380 e. The van der Waals surface area contributed by atoms with Crippen LogP contribution in [0.25, 0.3) is 0 Å². The van der Waals surface area contributed by atoms with Crippen molar-refractivity contribution in [1.29, 1.82) is 0 Å². The van der Waals surface area contributed by atoms with E-state index in [-0.39, 0.29) is 0 Å². The van der Waals surface area contributed by atoms with Gasteiger partial charge in [0.2, 0.25) is 0 Å². The lowest BCUT2D eigenvalue weighted by molar-refractivity contribution is 0.0737. The van der Waals surface area contributed by atoms with Crippen LogP contribution < -0.4 is 0 Å². The topological polar surface area (TPSA) is 9.23 Å². The third-order valence-electron chi connectivity index (χ3n) is 3.35. The van der Waals surface area contributed by atoms with Gasteiger partial charge in [-0.05, 0) is 6.42 Å². The van der Waals surface area contributed by atoms with E-state index in [4.69, 9.17) is 4.74 Å². The molecule has 0 aliphatic rings. The van der Waals surface area contributed by atoms with E-state index in [0.29, 0.717) is 15.9 Å². The third kappa shape index (κ3) is 8.20. The summed E-state index contributed by atoms with van der Waals surface area (Å²) in [6, 6.07) is 0. The van der Waals surface area contributed by atoms with Crippen LogP contribution in [-0.4, -0.2) is 17.1 Å². The van der Waals surface area contributed by atoms with Crippen LogP contribution in [0.1, 0.15) is 58.8 Å². The molecule has 0 bridgehead atoms. The molecule has 0 saturated carbocycles. The zero-order valence-electron chi connectivity index (χ0n) is 11.8. The van der Waals surface area contributed by atoms with E-state index in [2.05, 4.69) is 43.0 Å². The second kappa shape index (κ2) is 11.5. The van der Waals surface area contributed by atoms with Crippen LogP contribution >= 0.6 is 22.6 Å². The first kappa shape index (κ1) is 17.4. The van der Waals surface area contributed by atoms with Crippen molar-refractivity contribution in [2.45, 2.75) is 68.8 Å². The molecule has 0 fully saturated rings. The Morgan fingerprint density at radius 1 is 1.18 bits per heavy atom. The van der Waals surface area contributed by atoms with Crippen LogP contribution in [0.3, 0.4) is 0 Å². The van der Waals surface area contributed by atoms with Crippen molar-refractivity contribution in [2.24, 2.45) is 5.92 Å². The van der Waals surface area contributed by atoms with Crippen LogP contribution in [0, 0.1) is 5.92 Å². The van der Waals surface area contributed by atoms with E-state index >= 15 is 0 Å². The number of ether oxygens (including phenoxy) is 1. The molecule has 0 rings (SSSR count). The lowest BCUT2D eigenvalue weighted by Crippen LogP contribution is -2.29. The first-order chi connectivity index (χ1) is 8.17. The van der Waals surface area contributed by atoms with Crippen LogP contribution in [0.4, 0.5) is 0 Å². The molecule has 0 amide bonds. The summed E-state index contributed by atoms with van der Waals surface area (Å²) in [5.74, 6) is 0.446. The average molecular weight is 352 g/mol. The standard InChI is InChI=1S/C15H29IO/c1-5-7-8-9-10-11-12-14(16)15(17-4)13(3)6-2/h6,13-15H,2,5,7-12H2,1,3-4H3/t13?,14-,15+/m1/s1. The zero-order valence-corrected chi connectivity index (χ0v) is 13.9. The normalized spacial score (nSPS) is 16.5. The summed E-state index contributed by atoms with van der Waals surface area (Å²) in [5.41, 5.74) is 0. The molecular formula is C15H29IO. The first-order valence-electron chi connectivity index (χ1n) is 6.96. The average Bonchev–Trinajstić information content (AvgIpc) is 2.34. The van der Waals surface area contributed by atoms with Gasteiger partial charge in [-0.3, -0.25) is 0 Å². The molecule has 0 N–H and O–H groups in total. The minimum atomic E-state index is 0.323. The van der Waals surface area contributed by atoms with Crippen LogP contribution in [-0.2, 0) is 4.74 Å². The summed E-state index contributed by atoms with van der Waals surface area (Å²) in [6.07, 6.45) is 11.8. The summed E-state index contributed by atoms with van der Waals surface area (Å²) in [4.78, 5) is 0. The molecule has 0 aromatic heterocycles. The quantitative estimate of drug-likeness (QED) is 0.210. The van der Waals surface area contributed by atoms with Gasteiger partial charge in [-0.2, -0.15) is 0 Å². The van der Waals surface area contributed by atoms with Gasteiger partial charge in [0.05, 0.1) is 6.10 Å². The molecule has 17 heavy (non-hydrogen) atoms. The highest BCUT2D eigenvalue weighted by Crippen LogP contribution is 2.24. The number of alkyl halides is 1. The Balaban J connectivity index is 3.68. The van der Waals surface area contributed by atoms with Gasteiger partial charge in [0.25, 0.3) is 0 Å².